The van der Waals surface area contributed by atoms with Crippen molar-refractivity contribution in [3.8, 4) is 0 Å². The molecule has 0 saturated carbocycles. The standard InChI is InChI=1S/C20H20Si.C17H12/c1-21(2,3)19-13-12-18-16-10-5-4-8-14(16)15-9-6-7-11-17(15)20(18)19;1-3-8-14-12(6-1)13-7-2-4-9-15(13)17-11-5-10-16(14)17/h4-13,19H,1-3H3;1-10H,11H2. The summed E-state index contributed by atoms with van der Waals surface area (Å²) in [5.41, 5.74) is 6.56. The van der Waals surface area contributed by atoms with Crippen LogP contribution in [0.4, 0.5) is 0 Å². The Morgan fingerprint density at radius 1 is 0.500 bits per heavy atom. The summed E-state index contributed by atoms with van der Waals surface area (Å²) in [4.78, 5) is 0. The fraction of sp³-hybridized carbons (Fsp3) is 0.135. The lowest BCUT2D eigenvalue weighted by atomic mass is 9.93. The van der Waals surface area contributed by atoms with E-state index in [-0.39, 0.29) is 0 Å². The topological polar surface area (TPSA) is 0 Å². The van der Waals surface area contributed by atoms with Gasteiger partial charge in [-0.1, -0.05) is 141 Å². The van der Waals surface area contributed by atoms with Crippen LogP contribution in [0.25, 0.3) is 55.2 Å². The Bertz CT molecular complexity index is 1930. The molecule has 0 radical (unpaired) electrons. The van der Waals surface area contributed by atoms with E-state index in [1.807, 2.05) is 0 Å². The van der Waals surface area contributed by atoms with E-state index < -0.39 is 8.07 Å². The number of hydrogen-bond donors (Lipinski definition) is 0. The number of fused-ring (bicyclic) bond motifs is 12. The summed E-state index contributed by atoms with van der Waals surface area (Å²) < 4.78 is 0. The van der Waals surface area contributed by atoms with Gasteiger partial charge >= 0.3 is 0 Å². The van der Waals surface area contributed by atoms with Gasteiger partial charge in [0.1, 0.15) is 0 Å². The zero-order chi connectivity index (χ0) is 25.9. The monoisotopic (exact) mass is 504 g/mol. The molecule has 0 nitrogen and oxygen atoms in total. The Balaban J connectivity index is 0.000000130. The first kappa shape index (κ1) is 23.2. The lowest BCUT2D eigenvalue weighted by molar-refractivity contribution is 1.19. The quantitative estimate of drug-likeness (QED) is 0.154. The van der Waals surface area contributed by atoms with Gasteiger partial charge in [-0.15, -0.1) is 0 Å². The van der Waals surface area contributed by atoms with E-state index in [1.54, 1.807) is 5.56 Å². The lowest BCUT2D eigenvalue weighted by Gasteiger charge is -2.26. The van der Waals surface area contributed by atoms with E-state index in [0.29, 0.717) is 5.54 Å². The molecule has 38 heavy (non-hydrogen) atoms. The van der Waals surface area contributed by atoms with Crippen LogP contribution in [-0.2, 0) is 6.42 Å². The van der Waals surface area contributed by atoms with E-state index in [0.717, 1.165) is 6.42 Å². The van der Waals surface area contributed by atoms with Crippen LogP contribution in [0.1, 0.15) is 27.8 Å². The minimum atomic E-state index is -1.27. The first-order chi connectivity index (χ1) is 18.5. The van der Waals surface area contributed by atoms with Crippen LogP contribution in [0.5, 0.6) is 0 Å². The predicted octanol–water partition coefficient (Wildman–Crippen LogP) is 10.5. The Morgan fingerprint density at radius 2 is 0.947 bits per heavy atom. The number of hydrogen-bond acceptors (Lipinski definition) is 0. The molecule has 0 spiro atoms. The third-order valence-corrected chi connectivity index (χ3v) is 10.8. The molecule has 0 N–H and O–H groups in total. The van der Waals surface area contributed by atoms with Gasteiger partial charge in [0.2, 0.25) is 0 Å². The van der Waals surface area contributed by atoms with Gasteiger partial charge < -0.3 is 0 Å². The molecule has 184 valence electrons. The molecule has 6 aromatic carbocycles. The van der Waals surface area contributed by atoms with Gasteiger partial charge in [-0.05, 0) is 77.3 Å². The molecule has 0 heterocycles. The van der Waals surface area contributed by atoms with Crippen molar-refractivity contribution in [2.45, 2.75) is 31.6 Å². The largest absolute Gasteiger partial charge is 0.0795 e. The van der Waals surface area contributed by atoms with Crippen molar-refractivity contribution in [3.63, 3.8) is 0 Å². The highest BCUT2D eigenvalue weighted by Gasteiger charge is 2.32. The summed E-state index contributed by atoms with van der Waals surface area (Å²) in [7, 11) is -1.27. The molecule has 0 aromatic heterocycles. The van der Waals surface area contributed by atoms with E-state index >= 15 is 0 Å². The molecule has 6 aromatic rings. The normalized spacial score (nSPS) is 15.7. The molecular weight excluding hydrogens is 472 g/mol. The van der Waals surface area contributed by atoms with Crippen LogP contribution in [0.3, 0.4) is 0 Å². The second-order valence-corrected chi connectivity index (χ2v) is 17.1. The molecule has 0 saturated heterocycles. The van der Waals surface area contributed by atoms with E-state index in [1.165, 1.54) is 59.8 Å². The van der Waals surface area contributed by atoms with Crippen molar-refractivity contribution >= 4 is 63.3 Å². The third-order valence-electron chi connectivity index (χ3n) is 8.41. The maximum Gasteiger partial charge on any atom is 0.0566 e. The van der Waals surface area contributed by atoms with E-state index in [2.05, 4.69) is 141 Å². The first-order valence-electron chi connectivity index (χ1n) is 13.7. The van der Waals surface area contributed by atoms with E-state index in [4.69, 9.17) is 0 Å². The van der Waals surface area contributed by atoms with Gasteiger partial charge in [-0.3, -0.25) is 0 Å². The average Bonchev–Trinajstić information content (AvgIpc) is 3.63. The summed E-state index contributed by atoms with van der Waals surface area (Å²) in [5.74, 6) is 0. The fourth-order valence-corrected chi connectivity index (χ4v) is 8.52. The van der Waals surface area contributed by atoms with Gasteiger partial charge in [-0.2, -0.15) is 0 Å². The van der Waals surface area contributed by atoms with Crippen LogP contribution in [0.15, 0.2) is 109 Å². The Hall–Kier alpha value is -3.94. The van der Waals surface area contributed by atoms with E-state index in [9.17, 15) is 0 Å². The Kier molecular flexibility index (Phi) is 5.38. The molecule has 2 aliphatic carbocycles. The molecule has 1 unspecified atom stereocenters. The smallest absolute Gasteiger partial charge is 0.0566 e. The Labute approximate surface area is 225 Å². The summed E-state index contributed by atoms with van der Waals surface area (Å²) in [6, 6.07) is 35.2. The second-order valence-electron chi connectivity index (χ2n) is 11.7. The average molecular weight is 505 g/mol. The number of allylic oxidation sites excluding steroid dienone is 2. The van der Waals surface area contributed by atoms with Crippen LogP contribution < -0.4 is 0 Å². The van der Waals surface area contributed by atoms with Gasteiger partial charge in [0.25, 0.3) is 0 Å². The van der Waals surface area contributed by atoms with Gasteiger partial charge in [0.05, 0.1) is 8.07 Å². The molecule has 0 bridgehead atoms. The SMILES string of the molecule is C1=Cc2c(c3ccccc3c3ccccc23)C1.C[Si](C)(C)C1C=Cc2c1c1ccccc1c1ccccc21. The minimum Gasteiger partial charge on any atom is -0.0795 e. The third kappa shape index (κ3) is 3.57. The second kappa shape index (κ2) is 8.82. The lowest BCUT2D eigenvalue weighted by Crippen LogP contribution is -2.28. The molecule has 2 aliphatic rings. The van der Waals surface area contributed by atoms with Crippen molar-refractivity contribution in [1.82, 2.24) is 0 Å². The van der Waals surface area contributed by atoms with Crippen LogP contribution in [0.2, 0.25) is 19.6 Å². The van der Waals surface area contributed by atoms with Crippen molar-refractivity contribution in [1.29, 1.82) is 0 Å². The van der Waals surface area contributed by atoms with Crippen LogP contribution in [0, 0.1) is 0 Å². The van der Waals surface area contributed by atoms with Crippen LogP contribution in [-0.4, -0.2) is 8.07 Å². The fourth-order valence-electron chi connectivity index (χ4n) is 6.67. The summed E-state index contributed by atoms with van der Waals surface area (Å²) in [6.45, 7) is 7.42. The van der Waals surface area contributed by atoms with Crippen molar-refractivity contribution < 1.29 is 0 Å². The first-order valence-corrected chi connectivity index (χ1v) is 17.3. The molecule has 0 fully saturated rings. The number of rotatable bonds is 1. The van der Waals surface area contributed by atoms with Gasteiger partial charge in [0.15, 0.2) is 0 Å². The molecule has 8 rings (SSSR count). The summed E-state index contributed by atoms with van der Waals surface area (Å²) in [6.07, 6.45) is 10.4. The summed E-state index contributed by atoms with van der Waals surface area (Å²) >= 11 is 0. The van der Waals surface area contributed by atoms with Gasteiger partial charge in [0, 0.05) is 0 Å². The molecule has 0 amide bonds. The highest BCUT2D eigenvalue weighted by atomic mass is 28.3. The summed E-state index contributed by atoms with van der Waals surface area (Å²) in [5, 5.41) is 11.2. The van der Waals surface area contributed by atoms with Crippen molar-refractivity contribution in [2.75, 3.05) is 0 Å². The Morgan fingerprint density at radius 3 is 1.53 bits per heavy atom. The van der Waals surface area contributed by atoms with Crippen molar-refractivity contribution in [2.24, 2.45) is 0 Å². The zero-order valence-electron chi connectivity index (χ0n) is 22.3. The maximum atomic E-state index is 2.47. The molecule has 1 atom stereocenters. The van der Waals surface area contributed by atoms with Crippen molar-refractivity contribution in [3.05, 3.63) is 131 Å². The molecule has 0 aliphatic heterocycles. The maximum absolute atomic E-state index is 2.47. The zero-order valence-corrected chi connectivity index (χ0v) is 23.3. The van der Waals surface area contributed by atoms with Crippen LogP contribution >= 0.6 is 0 Å². The molecular formula is C37H32Si. The number of benzene rings is 6. The highest BCUT2D eigenvalue weighted by Crippen LogP contribution is 2.45. The van der Waals surface area contributed by atoms with Gasteiger partial charge in [-0.25, -0.2) is 0 Å². The predicted molar refractivity (Wildman–Crippen MR) is 171 cm³/mol. The molecule has 1 heteroatoms. The minimum absolute atomic E-state index is 0.627. The highest BCUT2D eigenvalue weighted by molar-refractivity contribution is 6.78.